The number of hydrogen-bond acceptors (Lipinski definition) is 3. The van der Waals surface area contributed by atoms with Gasteiger partial charge in [-0.2, -0.15) is 0 Å². The van der Waals surface area contributed by atoms with E-state index in [1.165, 1.54) is 0 Å². The van der Waals surface area contributed by atoms with Gasteiger partial charge in [-0.1, -0.05) is 20.3 Å². The minimum absolute atomic E-state index is 0.0436. The average molecular weight is 250 g/mol. The van der Waals surface area contributed by atoms with Crippen molar-refractivity contribution in [2.45, 2.75) is 58.8 Å². The summed E-state index contributed by atoms with van der Waals surface area (Å²) in [6, 6.07) is 0. The minimum Gasteiger partial charge on any atom is -0.299 e. The van der Waals surface area contributed by atoms with Crippen LogP contribution in [-0.4, -0.2) is 17.3 Å². The Morgan fingerprint density at radius 2 is 1.61 bits per heavy atom. The summed E-state index contributed by atoms with van der Waals surface area (Å²) in [7, 11) is 0. The quantitative estimate of drug-likeness (QED) is 0.708. The van der Waals surface area contributed by atoms with Crippen LogP contribution in [0.4, 0.5) is 0 Å². The highest BCUT2D eigenvalue weighted by Crippen LogP contribution is 2.37. The summed E-state index contributed by atoms with van der Waals surface area (Å²) in [5, 5.41) is 0. The first-order valence-electron chi connectivity index (χ1n) is 6.97. The van der Waals surface area contributed by atoms with Crippen molar-refractivity contribution in [2.24, 2.45) is 17.3 Å². The number of hydrogen-bond donors (Lipinski definition) is 0. The molecule has 1 unspecified atom stereocenters. The van der Waals surface area contributed by atoms with Crippen molar-refractivity contribution < 1.29 is 14.4 Å². The Hall–Kier alpha value is -0.990. The number of rotatable bonds is 2. The Kier molecular flexibility index (Phi) is 3.69. The SMILES string of the molecule is CC1(C)CC(=O)C(CC2CCCCC2=O)C(=O)C1. The van der Waals surface area contributed by atoms with Gasteiger partial charge in [-0.15, -0.1) is 0 Å². The van der Waals surface area contributed by atoms with E-state index in [1.807, 2.05) is 13.8 Å². The molecule has 2 rings (SSSR count). The lowest BCUT2D eigenvalue weighted by atomic mass is 9.68. The fourth-order valence-corrected chi connectivity index (χ4v) is 3.28. The molecular weight excluding hydrogens is 228 g/mol. The molecule has 2 saturated carbocycles. The van der Waals surface area contributed by atoms with Gasteiger partial charge in [0.1, 0.15) is 17.3 Å². The van der Waals surface area contributed by atoms with E-state index in [2.05, 4.69) is 0 Å². The molecule has 0 saturated heterocycles. The lowest BCUT2D eigenvalue weighted by Gasteiger charge is -2.33. The summed E-state index contributed by atoms with van der Waals surface area (Å²) in [6.07, 6.45) is 4.94. The van der Waals surface area contributed by atoms with Gasteiger partial charge in [0.15, 0.2) is 0 Å². The number of carbonyl (C=O) groups excluding carboxylic acids is 3. The molecule has 0 bridgehead atoms. The summed E-state index contributed by atoms with van der Waals surface area (Å²) < 4.78 is 0. The fourth-order valence-electron chi connectivity index (χ4n) is 3.28. The van der Waals surface area contributed by atoms with E-state index >= 15 is 0 Å². The smallest absolute Gasteiger partial charge is 0.143 e. The zero-order valence-corrected chi connectivity index (χ0v) is 11.3. The average Bonchev–Trinajstić information content (AvgIpc) is 2.24. The van der Waals surface area contributed by atoms with Gasteiger partial charge in [-0.3, -0.25) is 14.4 Å². The maximum absolute atomic E-state index is 12.1. The normalized spacial score (nSPS) is 29.7. The van der Waals surface area contributed by atoms with Crippen LogP contribution in [0.15, 0.2) is 0 Å². The highest BCUT2D eigenvalue weighted by atomic mass is 16.2. The molecule has 1 atom stereocenters. The van der Waals surface area contributed by atoms with E-state index in [0.717, 1.165) is 19.3 Å². The third-order valence-corrected chi connectivity index (χ3v) is 4.28. The lowest BCUT2D eigenvalue weighted by Crippen LogP contribution is -2.39. The van der Waals surface area contributed by atoms with E-state index in [9.17, 15) is 14.4 Å². The lowest BCUT2D eigenvalue weighted by molar-refractivity contribution is -0.140. The largest absolute Gasteiger partial charge is 0.299 e. The molecule has 2 aliphatic rings. The zero-order valence-electron chi connectivity index (χ0n) is 11.3. The van der Waals surface area contributed by atoms with Crippen LogP contribution in [0.2, 0.25) is 0 Å². The highest BCUT2D eigenvalue weighted by molar-refractivity contribution is 6.05. The van der Waals surface area contributed by atoms with Gasteiger partial charge in [-0.05, 0) is 24.7 Å². The molecule has 0 aromatic rings. The molecule has 0 amide bonds. The van der Waals surface area contributed by atoms with Gasteiger partial charge in [0.2, 0.25) is 0 Å². The van der Waals surface area contributed by atoms with Crippen molar-refractivity contribution >= 4 is 17.3 Å². The molecule has 3 nitrogen and oxygen atoms in total. The maximum Gasteiger partial charge on any atom is 0.143 e. The third-order valence-electron chi connectivity index (χ3n) is 4.28. The molecule has 0 N–H and O–H groups in total. The molecule has 0 heterocycles. The summed E-state index contributed by atoms with van der Waals surface area (Å²) in [5.41, 5.74) is -0.193. The van der Waals surface area contributed by atoms with Crippen LogP contribution >= 0.6 is 0 Å². The van der Waals surface area contributed by atoms with Crippen LogP contribution in [0.1, 0.15) is 58.8 Å². The molecule has 0 aromatic carbocycles. The van der Waals surface area contributed by atoms with Crippen LogP contribution < -0.4 is 0 Å². The van der Waals surface area contributed by atoms with Gasteiger partial charge < -0.3 is 0 Å². The number of carbonyl (C=O) groups is 3. The van der Waals surface area contributed by atoms with E-state index < -0.39 is 5.92 Å². The molecular formula is C15H22O3. The minimum atomic E-state index is -0.495. The molecule has 18 heavy (non-hydrogen) atoms. The van der Waals surface area contributed by atoms with Crippen LogP contribution in [0.3, 0.4) is 0 Å². The molecule has 2 aliphatic carbocycles. The summed E-state index contributed by atoms with van der Waals surface area (Å²) in [5.74, 6) is -0.182. The number of ketones is 3. The fraction of sp³-hybridized carbons (Fsp3) is 0.800. The van der Waals surface area contributed by atoms with Crippen LogP contribution in [0.5, 0.6) is 0 Å². The van der Waals surface area contributed by atoms with Gasteiger partial charge >= 0.3 is 0 Å². The second-order valence-electron chi connectivity index (χ2n) is 6.65. The van der Waals surface area contributed by atoms with E-state index in [-0.39, 0.29) is 28.7 Å². The van der Waals surface area contributed by atoms with Crippen molar-refractivity contribution in [3.63, 3.8) is 0 Å². The summed E-state index contributed by atoms with van der Waals surface area (Å²) >= 11 is 0. The van der Waals surface area contributed by atoms with Crippen LogP contribution in [0.25, 0.3) is 0 Å². The standard InChI is InChI=1S/C15H22O3/c1-15(2)8-13(17)11(14(18)9-15)7-10-5-3-4-6-12(10)16/h10-11H,3-9H2,1-2H3. The van der Waals surface area contributed by atoms with Crippen molar-refractivity contribution in [1.82, 2.24) is 0 Å². The zero-order chi connectivity index (χ0) is 13.3. The van der Waals surface area contributed by atoms with Crippen molar-refractivity contribution in [3.05, 3.63) is 0 Å². The molecule has 100 valence electrons. The third kappa shape index (κ3) is 2.88. The van der Waals surface area contributed by atoms with Crippen LogP contribution in [-0.2, 0) is 14.4 Å². The Bertz CT molecular complexity index is 361. The first kappa shape index (κ1) is 13.4. The monoisotopic (exact) mass is 250 g/mol. The van der Waals surface area contributed by atoms with Gasteiger partial charge in [-0.25, -0.2) is 0 Å². The summed E-state index contributed by atoms with van der Waals surface area (Å²) in [6.45, 7) is 3.93. The Balaban J connectivity index is 2.02. The summed E-state index contributed by atoms with van der Waals surface area (Å²) in [4.78, 5) is 35.9. The van der Waals surface area contributed by atoms with E-state index in [1.54, 1.807) is 0 Å². The highest BCUT2D eigenvalue weighted by Gasteiger charge is 2.41. The van der Waals surface area contributed by atoms with E-state index in [0.29, 0.717) is 25.7 Å². The molecule has 0 radical (unpaired) electrons. The van der Waals surface area contributed by atoms with Crippen LogP contribution in [0, 0.1) is 17.3 Å². The van der Waals surface area contributed by atoms with Crippen molar-refractivity contribution in [1.29, 1.82) is 0 Å². The molecule has 3 heteroatoms. The van der Waals surface area contributed by atoms with Gasteiger partial charge in [0.05, 0.1) is 5.92 Å². The molecule has 0 aliphatic heterocycles. The Morgan fingerprint density at radius 3 is 2.17 bits per heavy atom. The van der Waals surface area contributed by atoms with Crippen molar-refractivity contribution in [2.75, 3.05) is 0 Å². The second kappa shape index (κ2) is 4.94. The van der Waals surface area contributed by atoms with Gasteiger partial charge in [0, 0.05) is 25.2 Å². The predicted molar refractivity (Wildman–Crippen MR) is 68.1 cm³/mol. The molecule has 2 fully saturated rings. The van der Waals surface area contributed by atoms with E-state index in [4.69, 9.17) is 0 Å². The predicted octanol–water partition coefficient (Wildman–Crippen LogP) is 2.71. The number of Topliss-reactive ketones (excluding diaryl/α,β-unsaturated/α-hetero) is 3. The first-order chi connectivity index (χ1) is 8.39. The Morgan fingerprint density at radius 1 is 1.00 bits per heavy atom. The molecule has 0 spiro atoms. The van der Waals surface area contributed by atoms with Gasteiger partial charge in [0.25, 0.3) is 0 Å². The second-order valence-corrected chi connectivity index (χ2v) is 6.65. The topological polar surface area (TPSA) is 51.2 Å². The van der Waals surface area contributed by atoms with Crippen molar-refractivity contribution in [3.8, 4) is 0 Å². The maximum atomic E-state index is 12.1. The Labute approximate surface area is 108 Å². The first-order valence-corrected chi connectivity index (χ1v) is 6.97. The molecule has 0 aromatic heterocycles.